The maximum atomic E-state index is 15.0. The first-order valence-corrected chi connectivity index (χ1v) is 23.4. The summed E-state index contributed by atoms with van der Waals surface area (Å²) in [5, 5.41) is 12.7. The van der Waals surface area contributed by atoms with Crippen LogP contribution in [0.25, 0.3) is 33.9 Å². The lowest BCUT2D eigenvalue weighted by Gasteiger charge is -2.19. The Morgan fingerprint density at radius 2 is 1.20 bits per heavy atom. The SMILES string of the molecule is CCC(=O)Nc1cc(C(=O)O)cc(-n2c(C)ccc2-c2cc(Br)c(COC(=O)c3cc(N)cc(-n4c(C)ccc4-c4cc(Br)ccc4OCc4ccc(F)cc4F)c3)cc2OCc2ccc(F)cc2F)c1. The summed E-state index contributed by atoms with van der Waals surface area (Å²) < 4.78 is 80.2. The average Bonchev–Trinajstić information content (AvgIpc) is 3.92. The number of aromatic carboxylic acids is 1. The number of carbonyl (C=O) groups excluding carboxylic acids is 2. The fourth-order valence-corrected chi connectivity index (χ4v) is 8.74. The molecule has 17 heteroatoms. The number of hydrogen-bond donors (Lipinski definition) is 3. The Labute approximate surface area is 421 Å². The Bertz CT molecular complexity index is 3390. The number of nitrogens with zero attached hydrogens (tertiary/aromatic N) is 2. The zero-order valence-electron chi connectivity index (χ0n) is 38.1. The lowest BCUT2D eigenvalue weighted by molar-refractivity contribution is -0.115. The number of carbonyl (C=O) groups is 3. The van der Waals surface area contributed by atoms with Gasteiger partial charge in [-0.05, 0) is 129 Å². The molecule has 0 saturated carbocycles. The third-order valence-corrected chi connectivity index (χ3v) is 12.6. The first-order valence-electron chi connectivity index (χ1n) is 21.9. The second-order valence-corrected chi connectivity index (χ2v) is 18.2. The van der Waals surface area contributed by atoms with Crippen molar-refractivity contribution in [3.05, 3.63) is 199 Å². The van der Waals surface area contributed by atoms with Gasteiger partial charge in [-0.1, -0.05) is 38.8 Å². The van der Waals surface area contributed by atoms with Crippen molar-refractivity contribution in [1.82, 2.24) is 9.13 Å². The normalized spacial score (nSPS) is 11.1. The standard InChI is InChI=1S/C54H42Br2F4N4O7/c1-4-52(65)62-40-16-33(53(66)67)17-42(24-40)64-30(3)6-13-49(64)44-25-45(56)35(19-51(44)70-27-32-8-11-38(58)22-47(32)60)28-71-54(68)34-15-39(61)23-41(18-34)63-29(2)5-12-48(63)43-20-36(55)9-14-50(43)69-26-31-7-10-37(57)21-46(31)59/h5-25H,4,26-28,61H2,1-3H3,(H,62,65)(H,66,67). The molecule has 0 aliphatic heterocycles. The van der Waals surface area contributed by atoms with Crippen LogP contribution in [-0.4, -0.2) is 32.1 Å². The van der Waals surface area contributed by atoms with Gasteiger partial charge in [-0.2, -0.15) is 0 Å². The van der Waals surface area contributed by atoms with E-state index in [0.29, 0.717) is 55.4 Å². The number of rotatable bonds is 16. The zero-order valence-corrected chi connectivity index (χ0v) is 41.3. The quantitative estimate of drug-likeness (QED) is 0.0492. The molecule has 6 aromatic carbocycles. The Balaban J connectivity index is 1.11. The predicted octanol–water partition coefficient (Wildman–Crippen LogP) is 13.4. The van der Waals surface area contributed by atoms with Crippen molar-refractivity contribution in [3.8, 4) is 45.4 Å². The van der Waals surface area contributed by atoms with E-state index in [9.17, 15) is 37.1 Å². The number of aryl methyl sites for hydroxylation is 2. The Kier molecular flexibility index (Phi) is 14.8. The molecule has 2 heterocycles. The van der Waals surface area contributed by atoms with E-state index in [1.165, 1.54) is 30.3 Å². The van der Waals surface area contributed by atoms with Crippen molar-refractivity contribution < 1.29 is 51.3 Å². The highest BCUT2D eigenvalue weighted by atomic mass is 79.9. The number of benzene rings is 6. The number of halogens is 6. The molecule has 11 nitrogen and oxygen atoms in total. The minimum atomic E-state index is -1.21. The summed E-state index contributed by atoms with van der Waals surface area (Å²) in [5.41, 5.74) is 12.3. The van der Waals surface area contributed by atoms with Crippen LogP contribution in [0.5, 0.6) is 11.5 Å². The first kappa shape index (κ1) is 49.8. The molecule has 0 saturated heterocycles. The summed E-state index contributed by atoms with van der Waals surface area (Å²) in [4.78, 5) is 38.6. The van der Waals surface area contributed by atoms with Crippen LogP contribution in [0.4, 0.5) is 28.9 Å². The smallest absolute Gasteiger partial charge is 0.338 e. The lowest BCUT2D eigenvalue weighted by Crippen LogP contribution is -2.12. The molecule has 362 valence electrons. The van der Waals surface area contributed by atoms with Gasteiger partial charge in [-0.15, -0.1) is 0 Å². The van der Waals surface area contributed by atoms with E-state index in [-0.39, 0.29) is 71.5 Å². The van der Waals surface area contributed by atoms with Crippen LogP contribution in [-0.2, 0) is 29.4 Å². The number of ether oxygens (including phenoxy) is 3. The molecular weight excluding hydrogens is 1050 g/mol. The van der Waals surface area contributed by atoms with E-state index < -0.39 is 35.2 Å². The number of hydrogen-bond acceptors (Lipinski definition) is 7. The third kappa shape index (κ3) is 11.2. The van der Waals surface area contributed by atoms with Crippen LogP contribution in [0.2, 0.25) is 0 Å². The number of nitrogens with one attached hydrogen (secondary N) is 1. The van der Waals surface area contributed by atoms with Crippen LogP contribution >= 0.6 is 31.9 Å². The summed E-state index contributed by atoms with van der Waals surface area (Å²) in [6.07, 6.45) is 0.165. The van der Waals surface area contributed by atoms with Crippen LogP contribution < -0.4 is 20.5 Å². The number of carboxylic acids is 1. The third-order valence-electron chi connectivity index (χ3n) is 11.4. The van der Waals surface area contributed by atoms with E-state index in [1.807, 2.05) is 42.7 Å². The summed E-state index contributed by atoms with van der Waals surface area (Å²) in [6.45, 7) is 4.58. The molecule has 0 unspecified atom stereocenters. The highest BCUT2D eigenvalue weighted by Gasteiger charge is 2.22. The number of nitrogens with two attached hydrogens (primary N) is 1. The average molecular weight is 1090 g/mol. The molecule has 8 aromatic rings. The van der Waals surface area contributed by atoms with Crippen molar-refractivity contribution in [2.45, 2.75) is 47.0 Å². The van der Waals surface area contributed by atoms with Gasteiger partial charge in [0.25, 0.3) is 0 Å². The Morgan fingerprint density at radius 1 is 0.620 bits per heavy atom. The van der Waals surface area contributed by atoms with Gasteiger partial charge in [0.05, 0.1) is 22.5 Å². The molecule has 0 spiro atoms. The molecule has 1 amide bonds. The van der Waals surface area contributed by atoms with Gasteiger partial charge in [0.15, 0.2) is 0 Å². The topological polar surface area (TPSA) is 147 Å². The first-order chi connectivity index (χ1) is 34.0. The van der Waals surface area contributed by atoms with E-state index in [4.69, 9.17) is 19.9 Å². The minimum Gasteiger partial charge on any atom is -0.488 e. The molecule has 8 rings (SSSR count). The molecule has 0 bridgehead atoms. The van der Waals surface area contributed by atoms with Gasteiger partial charge < -0.3 is 39.5 Å². The van der Waals surface area contributed by atoms with Crippen LogP contribution in [0, 0.1) is 37.1 Å². The summed E-state index contributed by atoms with van der Waals surface area (Å²) >= 11 is 7.18. The highest BCUT2D eigenvalue weighted by molar-refractivity contribution is 9.10. The zero-order chi connectivity index (χ0) is 50.7. The number of nitrogen functional groups attached to an aromatic ring is 1. The second-order valence-electron chi connectivity index (χ2n) is 16.4. The summed E-state index contributed by atoms with van der Waals surface area (Å²) in [5.74, 6) is -4.66. The lowest BCUT2D eigenvalue weighted by atomic mass is 10.1. The van der Waals surface area contributed by atoms with E-state index in [2.05, 4.69) is 37.2 Å². The molecular formula is C54H42Br2F4N4O7. The van der Waals surface area contributed by atoms with Crippen LogP contribution in [0.3, 0.4) is 0 Å². The van der Waals surface area contributed by atoms with Gasteiger partial charge in [0, 0.05) is 89.5 Å². The number of carboxylic acid groups (broad SMARTS) is 1. The van der Waals surface area contributed by atoms with Crippen molar-refractivity contribution in [2.75, 3.05) is 11.1 Å². The molecule has 2 aromatic heterocycles. The van der Waals surface area contributed by atoms with Gasteiger partial charge in [0.2, 0.25) is 5.91 Å². The van der Waals surface area contributed by atoms with Crippen LogP contribution in [0.15, 0.2) is 136 Å². The molecule has 4 N–H and O–H groups in total. The van der Waals surface area contributed by atoms with Crippen molar-refractivity contribution in [3.63, 3.8) is 0 Å². The van der Waals surface area contributed by atoms with Gasteiger partial charge in [0.1, 0.15) is 54.6 Å². The van der Waals surface area contributed by atoms with E-state index in [0.717, 1.165) is 34.4 Å². The summed E-state index contributed by atoms with van der Waals surface area (Å²) in [7, 11) is 0. The van der Waals surface area contributed by atoms with Crippen LogP contribution in [0.1, 0.15) is 62.1 Å². The largest absolute Gasteiger partial charge is 0.488 e. The molecule has 0 aliphatic carbocycles. The predicted molar refractivity (Wildman–Crippen MR) is 268 cm³/mol. The van der Waals surface area contributed by atoms with Gasteiger partial charge >= 0.3 is 11.9 Å². The highest BCUT2D eigenvalue weighted by Crippen LogP contribution is 2.40. The van der Waals surface area contributed by atoms with E-state index >= 15 is 0 Å². The fraction of sp³-hybridized carbons (Fsp3) is 0.130. The number of esters is 1. The summed E-state index contributed by atoms with van der Waals surface area (Å²) in [6, 6.07) is 31.7. The van der Waals surface area contributed by atoms with Crippen molar-refractivity contribution >= 4 is 61.1 Å². The maximum absolute atomic E-state index is 15.0. The second kappa shape index (κ2) is 21.2. The Hall–Kier alpha value is -7.63. The van der Waals surface area contributed by atoms with Crippen molar-refractivity contribution in [1.29, 1.82) is 0 Å². The molecule has 0 fully saturated rings. The number of anilines is 2. The monoisotopic (exact) mass is 1090 g/mol. The molecule has 0 aliphatic rings. The molecule has 0 atom stereocenters. The minimum absolute atomic E-state index is 0.0628. The number of aromatic nitrogens is 2. The molecule has 71 heavy (non-hydrogen) atoms. The molecule has 0 radical (unpaired) electrons. The van der Waals surface area contributed by atoms with E-state index in [1.54, 1.807) is 60.0 Å². The number of amides is 1. The van der Waals surface area contributed by atoms with Gasteiger partial charge in [-0.3, -0.25) is 4.79 Å². The van der Waals surface area contributed by atoms with Gasteiger partial charge in [-0.25, -0.2) is 27.2 Å². The maximum Gasteiger partial charge on any atom is 0.338 e. The van der Waals surface area contributed by atoms with Crippen molar-refractivity contribution in [2.24, 2.45) is 0 Å². The Morgan fingerprint density at radius 3 is 1.79 bits per heavy atom. The fourth-order valence-electron chi connectivity index (χ4n) is 7.92.